The molecule has 0 N–H and O–H groups in total. The van der Waals surface area contributed by atoms with Crippen LogP contribution >= 0.6 is 0 Å². The van der Waals surface area contributed by atoms with Crippen LogP contribution in [0.15, 0.2) is 18.2 Å². The molecule has 0 unspecified atom stereocenters. The van der Waals surface area contributed by atoms with E-state index in [0.717, 1.165) is 11.1 Å². The Morgan fingerprint density at radius 2 is 1.53 bits per heavy atom. The summed E-state index contributed by atoms with van der Waals surface area (Å²) in [5, 5.41) is 0. The van der Waals surface area contributed by atoms with Crippen LogP contribution in [0.4, 0.5) is 0 Å². The highest BCUT2D eigenvalue weighted by atomic mass is 16.5. The first-order chi connectivity index (χ1) is 8.01. The van der Waals surface area contributed by atoms with Crippen LogP contribution in [-0.4, -0.2) is 26.2 Å². The van der Waals surface area contributed by atoms with Gasteiger partial charge in [-0.1, -0.05) is 18.2 Å². The molecule has 0 aliphatic rings. The molecular formula is C13H16O4. The van der Waals surface area contributed by atoms with E-state index in [0.29, 0.717) is 5.56 Å². The quantitative estimate of drug-likeness (QED) is 0.592. The third kappa shape index (κ3) is 2.84. The molecule has 0 aromatic heterocycles. The maximum absolute atomic E-state index is 11.6. The van der Waals surface area contributed by atoms with Gasteiger partial charge in [-0.2, -0.15) is 0 Å². The van der Waals surface area contributed by atoms with E-state index in [-0.39, 0.29) is 0 Å². The predicted octanol–water partition coefficient (Wildman–Crippen LogP) is 1.73. The van der Waals surface area contributed by atoms with Crippen molar-refractivity contribution in [3.8, 4) is 0 Å². The maximum atomic E-state index is 11.6. The highest BCUT2D eigenvalue weighted by Gasteiger charge is 2.30. The smallest absolute Gasteiger partial charge is 0.324 e. The normalized spacial score (nSPS) is 10.2. The van der Waals surface area contributed by atoms with Gasteiger partial charge in [0.1, 0.15) is 0 Å². The summed E-state index contributed by atoms with van der Waals surface area (Å²) in [7, 11) is 2.50. The zero-order valence-electron chi connectivity index (χ0n) is 10.4. The number of methoxy groups -OCH3 is 2. The average Bonchev–Trinajstić information content (AvgIpc) is 2.33. The van der Waals surface area contributed by atoms with Gasteiger partial charge in [-0.3, -0.25) is 9.59 Å². The van der Waals surface area contributed by atoms with E-state index in [1.54, 1.807) is 12.1 Å². The van der Waals surface area contributed by atoms with E-state index in [4.69, 9.17) is 0 Å². The predicted molar refractivity (Wildman–Crippen MR) is 62.7 cm³/mol. The second-order valence-corrected chi connectivity index (χ2v) is 3.82. The van der Waals surface area contributed by atoms with Crippen LogP contribution in [0.1, 0.15) is 22.6 Å². The van der Waals surface area contributed by atoms with Crippen molar-refractivity contribution in [1.82, 2.24) is 0 Å². The Morgan fingerprint density at radius 3 is 1.94 bits per heavy atom. The SMILES string of the molecule is COC(=O)C(C(=O)OC)c1ccc(C)c(C)c1. The van der Waals surface area contributed by atoms with Gasteiger partial charge in [0.25, 0.3) is 0 Å². The average molecular weight is 236 g/mol. The minimum atomic E-state index is -1.01. The van der Waals surface area contributed by atoms with E-state index in [1.165, 1.54) is 14.2 Å². The van der Waals surface area contributed by atoms with Crippen molar-refractivity contribution >= 4 is 11.9 Å². The van der Waals surface area contributed by atoms with Crippen molar-refractivity contribution in [2.45, 2.75) is 19.8 Å². The van der Waals surface area contributed by atoms with Gasteiger partial charge < -0.3 is 9.47 Å². The highest BCUT2D eigenvalue weighted by Crippen LogP contribution is 2.21. The first kappa shape index (κ1) is 13.2. The summed E-state index contributed by atoms with van der Waals surface area (Å²) >= 11 is 0. The number of carbonyl (C=O) groups excluding carboxylic acids is 2. The van der Waals surface area contributed by atoms with E-state index in [9.17, 15) is 9.59 Å². The Kier molecular flexibility index (Phi) is 4.26. The van der Waals surface area contributed by atoms with Gasteiger partial charge in [0, 0.05) is 0 Å². The van der Waals surface area contributed by atoms with E-state index >= 15 is 0 Å². The van der Waals surface area contributed by atoms with Crippen molar-refractivity contribution in [2.75, 3.05) is 14.2 Å². The fraction of sp³-hybridized carbons (Fsp3) is 0.385. The third-order valence-corrected chi connectivity index (χ3v) is 2.74. The summed E-state index contributed by atoms with van der Waals surface area (Å²) in [4.78, 5) is 23.2. The molecule has 1 rings (SSSR count). The Labute approximate surface area is 101 Å². The second kappa shape index (κ2) is 5.48. The summed E-state index contributed by atoms with van der Waals surface area (Å²) in [6, 6.07) is 5.40. The molecule has 17 heavy (non-hydrogen) atoms. The van der Waals surface area contributed by atoms with Crippen molar-refractivity contribution in [3.63, 3.8) is 0 Å². The molecule has 0 fully saturated rings. The van der Waals surface area contributed by atoms with E-state index in [1.807, 2.05) is 19.9 Å². The van der Waals surface area contributed by atoms with Crippen LogP contribution in [0.3, 0.4) is 0 Å². The topological polar surface area (TPSA) is 52.6 Å². The first-order valence-corrected chi connectivity index (χ1v) is 5.24. The van der Waals surface area contributed by atoms with Crippen LogP contribution in [-0.2, 0) is 19.1 Å². The van der Waals surface area contributed by atoms with Crippen molar-refractivity contribution < 1.29 is 19.1 Å². The Bertz CT molecular complexity index is 421. The molecule has 0 heterocycles. The standard InChI is InChI=1S/C13H16O4/c1-8-5-6-10(7-9(8)2)11(12(14)16-3)13(15)17-4/h5-7,11H,1-4H3. The molecule has 0 radical (unpaired) electrons. The molecule has 0 bridgehead atoms. The molecule has 0 atom stereocenters. The molecule has 0 aliphatic heterocycles. The van der Waals surface area contributed by atoms with Crippen molar-refractivity contribution in [2.24, 2.45) is 0 Å². The van der Waals surface area contributed by atoms with Gasteiger partial charge in [-0.15, -0.1) is 0 Å². The van der Waals surface area contributed by atoms with Gasteiger partial charge in [0.2, 0.25) is 0 Å². The lowest BCUT2D eigenvalue weighted by Gasteiger charge is -2.14. The highest BCUT2D eigenvalue weighted by molar-refractivity contribution is 6.00. The number of benzene rings is 1. The molecule has 4 nitrogen and oxygen atoms in total. The largest absolute Gasteiger partial charge is 0.468 e. The van der Waals surface area contributed by atoms with Gasteiger partial charge >= 0.3 is 11.9 Å². The number of rotatable bonds is 3. The number of hydrogen-bond acceptors (Lipinski definition) is 4. The lowest BCUT2D eigenvalue weighted by atomic mass is 9.95. The number of esters is 2. The Hall–Kier alpha value is -1.84. The molecule has 1 aromatic rings. The number of hydrogen-bond donors (Lipinski definition) is 0. The van der Waals surface area contributed by atoms with Gasteiger partial charge in [0.15, 0.2) is 5.92 Å². The molecule has 0 saturated carbocycles. The number of carbonyl (C=O) groups is 2. The molecular weight excluding hydrogens is 220 g/mol. The molecule has 0 amide bonds. The minimum absolute atomic E-state index is 0.590. The van der Waals surface area contributed by atoms with Crippen LogP contribution < -0.4 is 0 Å². The summed E-state index contributed by atoms with van der Waals surface area (Å²) in [6.45, 7) is 3.88. The molecule has 0 saturated heterocycles. The minimum Gasteiger partial charge on any atom is -0.468 e. The van der Waals surface area contributed by atoms with Gasteiger partial charge in [-0.05, 0) is 30.5 Å². The summed E-state index contributed by atoms with van der Waals surface area (Å²) in [5.41, 5.74) is 2.70. The Morgan fingerprint density at radius 1 is 1.00 bits per heavy atom. The lowest BCUT2D eigenvalue weighted by Crippen LogP contribution is -2.24. The monoisotopic (exact) mass is 236 g/mol. The summed E-state index contributed by atoms with van der Waals surface area (Å²) in [5.74, 6) is -2.23. The van der Waals surface area contributed by atoms with Crippen molar-refractivity contribution in [3.05, 3.63) is 34.9 Å². The van der Waals surface area contributed by atoms with Crippen LogP contribution in [0, 0.1) is 13.8 Å². The zero-order chi connectivity index (χ0) is 13.0. The first-order valence-electron chi connectivity index (χ1n) is 5.24. The van der Waals surface area contributed by atoms with Crippen molar-refractivity contribution in [1.29, 1.82) is 0 Å². The molecule has 92 valence electrons. The summed E-state index contributed by atoms with van der Waals surface area (Å²) in [6.07, 6.45) is 0. The number of aryl methyl sites for hydroxylation is 2. The zero-order valence-corrected chi connectivity index (χ0v) is 10.4. The van der Waals surface area contributed by atoms with E-state index < -0.39 is 17.9 Å². The Balaban J connectivity index is 3.17. The lowest BCUT2D eigenvalue weighted by molar-refractivity contribution is -0.154. The van der Waals surface area contributed by atoms with Crippen LogP contribution in [0.2, 0.25) is 0 Å². The van der Waals surface area contributed by atoms with Gasteiger partial charge in [-0.25, -0.2) is 0 Å². The van der Waals surface area contributed by atoms with Crippen LogP contribution in [0.25, 0.3) is 0 Å². The maximum Gasteiger partial charge on any atom is 0.324 e. The summed E-state index contributed by atoms with van der Waals surface area (Å²) < 4.78 is 9.24. The van der Waals surface area contributed by atoms with Crippen LogP contribution in [0.5, 0.6) is 0 Å². The third-order valence-electron chi connectivity index (χ3n) is 2.74. The fourth-order valence-electron chi connectivity index (χ4n) is 1.55. The van der Waals surface area contributed by atoms with E-state index in [2.05, 4.69) is 9.47 Å². The molecule has 0 spiro atoms. The second-order valence-electron chi connectivity index (χ2n) is 3.82. The molecule has 1 aromatic carbocycles. The van der Waals surface area contributed by atoms with Gasteiger partial charge in [0.05, 0.1) is 14.2 Å². The fourth-order valence-corrected chi connectivity index (χ4v) is 1.55. The number of ether oxygens (including phenoxy) is 2. The molecule has 4 heteroatoms. The molecule has 0 aliphatic carbocycles.